The number of aliphatic hydroxyl groups is 1. The number of benzene rings is 1. The van der Waals surface area contributed by atoms with Gasteiger partial charge >= 0.3 is 0 Å². The van der Waals surface area contributed by atoms with Crippen molar-refractivity contribution in [1.29, 1.82) is 0 Å². The lowest BCUT2D eigenvalue weighted by molar-refractivity contribution is -0.384. The fraction of sp³-hybridized carbons (Fsp3) is 0.500. The third-order valence-corrected chi connectivity index (χ3v) is 4.23. The molecule has 8 nitrogen and oxygen atoms in total. The molecule has 8 heteroatoms. The minimum absolute atomic E-state index is 0.00427. The largest absolute Gasteiger partial charge is 0.393 e. The number of rotatable bonds is 6. The standard InChI is InChI=1S/C16H20N4O4/c1-11(21)8-13-6-3-7-19(13)10-15-17-16(18-24-15)12-4-2-5-14(9-12)20(22)23/h2,4-5,9,11,13,21H,3,6-8,10H2,1H3. The number of likely N-dealkylation sites (tertiary alicyclic amines) is 1. The van der Waals surface area contributed by atoms with E-state index in [4.69, 9.17) is 4.52 Å². The van der Waals surface area contributed by atoms with Gasteiger partial charge in [0.15, 0.2) is 0 Å². The molecule has 2 aromatic rings. The zero-order valence-corrected chi connectivity index (χ0v) is 13.5. The van der Waals surface area contributed by atoms with Crippen LogP contribution in [-0.2, 0) is 6.54 Å². The van der Waals surface area contributed by atoms with Crippen LogP contribution in [0.5, 0.6) is 0 Å². The molecule has 1 fully saturated rings. The van der Waals surface area contributed by atoms with E-state index in [9.17, 15) is 15.2 Å². The summed E-state index contributed by atoms with van der Waals surface area (Å²) >= 11 is 0. The molecule has 2 unspecified atom stereocenters. The van der Waals surface area contributed by atoms with Gasteiger partial charge in [-0.2, -0.15) is 4.98 Å². The lowest BCUT2D eigenvalue weighted by Crippen LogP contribution is -2.31. The van der Waals surface area contributed by atoms with Crippen LogP contribution >= 0.6 is 0 Å². The molecule has 2 atom stereocenters. The maximum Gasteiger partial charge on any atom is 0.270 e. The van der Waals surface area contributed by atoms with Crippen LogP contribution < -0.4 is 0 Å². The van der Waals surface area contributed by atoms with Crippen molar-refractivity contribution in [1.82, 2.24) is 15.0 Å². The molecule has 3 rings (SSSR count). The van der Waals surface area contributed by atoms with Crippen LogP contribution in [0.15, 0.2) is 28.8 Å². The number of non-ortho nitro benzene ring substituents is 1. The van der Waals surface area contributed by atoms with Crippen LogP contribution in [-0.4, -0.2) is 43.8 Å². The minimum atomic E-state index is -0.449. The second kappa shape index (κ2) is 7.06. The number of hydrogen-bond acceptors (Lipinski definition) is 7. The van der Waals surface area contributed by atoms with Gasteiger partial charge in [0.25, 0.3) is 5.69 Å². The van der Waals surface area contributed by atoms with Crippen molar-refractivity contribution in [3.05, 3.63) is 40.3 Å². The van der Waals surface area contributed by atoms with Gasteiger partial charge in [0.05, 0.1) is 17.6 Å². The number of aromatic nitrogens is 2. The van der Waals surface area contributed by atoms with E-state index in [0.29, 0.717) is 29.9 Å². The first-order chi connectivity index (χ1) is 11.5. The molecular formula is C16H20N4O4. The Morgan fingerprint density at radius 2 is 2.38 bits per heavy atom. The van der Waals surface area contributed by atoms with E-state index in [-0.39, 0.29) is 11.8 Å². The molecule has 1 N–H and O–H groups in total. The summed E-state index contributed by atoms with van der Waals surface area (Å²) in [5, 5.41) is 24.4. The fourth-order valence-corrected chi connectivity index (χ4v) is 3.13. The van der Waals surface area contributed by atoms with Gasteiger partial charge < -0.3 is 9.63 Å². The maximum absolute atomic E-state index is 10.9. The van der Waals surface area contributed by atoms with Crippen molar-refractivity contribution in [3.8, 4) is 11.4 Å². The monoisotopic (exact) mass is 332 g/mol. The lowest BCUT2D eigenvalue weighted by atomic mass is 10.1. The molecule has 0 amide bonds. The van der Waals surface area contributed by atoms with Crippen molar-refractivity contribution >= 4 is 5.69 Å². The minimum Gasteiger partial charge on any atom is -0.393 e. The molecule has 0 saturated carbocycles. The molecule has 1 aliphatic rings. The Kier molecular flexibility index (Phi) is 4.86. The van der Waals surface area contributed by atoms with E-state index in [1.165, 1.54) is 12.1 Å². The highest BCUT2D eigenvalue weighted by Gasteiger charge is 2.27. The Hall–Kier alpha value is -2.32. The third-order valence-electron chi connectivity index (χ3n) is 4.23. The van der Waals surface area contributed by atoms with E-state index in [1.54, 1.807) is 19.1 Å². The SMILES string of the molecule is CC(O)CC1CCCN1Cc1nc(-c2cccc([N+](=O)[O-])c2)no1. The smallest absolute Gasteiger partial charge is 0.270 e. The van der Waals surface area contributed by atoms with Crippen LogP contribution in [0, 0.1) is 10.1 Å². The van der Waals surface area contributed by atoms with Gasteiger partial charge in [0, 0.05) is 23.7 Å². The van der Waals surface area contributed by atoms with Crippen molar-refractivity contribution in [2.45, 2.75) is 44.9 Å². The van der Waals surface area contributed by atoms with E-state index in [1.807, 2.05) is 0 Å². The summed E-state index contributed by atoms with van der Waals surface area (Å²) in [5.41, 5.74) is 0.552. The second-order valence-electron chi connectivity index (χ2n) is 6.17. The average molecular weight is 332 g/mol. The molecule has 0 radical (unpaired) electrons. The van der Waals surface area contributed by atoms with Gasteiger partial charge in [-0.1, -0.05) is 17.3 Å². The summed E-state index contributed by atoms with van der Waals surface area (Å²) in [6.07, 6.45) is 2.53. The quantitative estimate of drug-likeness (QED) is 0.639. The highest BCUT2D eigenvalue weighted by Crippen LogP contribution is 2.25. The summed E-state index contributed by atoms with van der Waals surface area (Å²) in [7, 11) is 0. The van der Waals surface area contributed by atoms with Crippen molar-refractivity contribution in [2.75, 3.05) is 6.54 Å². The molecule has 2 heterocycles. The number of aliphatic hydroxyl groups excluding tert-OH is 1. The number of nitro groups is 1. The molecular weight excluding hydrogens is 312 g/mol. The molecule has 1 aromatic heterocycles. The molecule has 24 heavy (non-hydrogen) atoms. The Morgan fingerprint density at radius 3 is 3.12 bits per heavy atom. The summed E-state index contributed by atoms with van der Waals surface area (Å²) in [4.78, 5) is 17.0. The molecule has 0 spiro atoms. The summed E-state index contributed by atoms with van der Waals surface area (Å²) < 4.78 is 5.30. The Morgan fingerprint density at radius 1 is 1.54 bits per heavy atom. The second-order valence-corrected chi connectivity index (χ2v) is 6.17. The van der Waals surface area contributed by atoms with Gasteiger partial charge in [0.1, 0.15) is 0 Å². The topological polar surface area (TPSA) is 106 Å². The lowest BCUT2D eigenvalue weighted by Gasteiger charge is -2.23. The van der Waals surface area contributed by atoms with Gasteiger partial charge in [0.2, 0.25) is 11.7 Å². The zero-order valence-electron chi connectivity index (χ0n) is 13.5. The molecule has 0 aliphatic carbocycles. The molecule has 1 aliphatic heterocycles. The molecule has 0 bridgehead atoms. The Balaban J connectivity index is 1.71. The first-order valence-corrected chi connectivity index (χ1v) is 8.02. The van der Waals surface area contributed by atoms with E-state index >= 15 is 0 Å². The summed E-state index contributed by atoms with van der Waals surface area (Å²) in [5.74, 6) is 0.828. The van der Waals surface area contributed by atoms with Crippen molar-refractivity contribution < 1.29 is 14.6 Å². The molecule has 128 valence electrons. The maximum atomic E-state index is 10.9. The highest BCUT2D eigenvalue weighted by atomic mass is 16.6. The summed E-state index contributed by atoms with van der Waals surface area (Å²) in [6, 6.07) is 6.49. The van der Waals surface area contributed by atoms with Crippen molar-refractivity contribution in [2.24, 2.45) is 0 Å². The highest BCUT2D eigenvalue weighted by molar-refractivity contribution is 5.58. The van der Waals surface area contributed by atoms with Crippen LogP contribution in [0.25, 0.3) is 11.4 Å². The number of hydrogen-bond donors (Lipinski definition) is 1. The Bertz CT molecular complexity index is 716. The normalized spacial score (nSPS) is 19.5. The zero-order chi connectivity index (χ0) is 17.1. The van der Waals surface area contributed by atoms with Crippen LogP contribution in [0.4, 0.5) is 5.69 Å². The van der Waals surface area contributed by atoms with Gasteiger partial charge in [-0.25, -0.2) is 0 Å². The number of nitro benzene ring substituents is 1. The summed E-state index contributed by atoms with van der Waals surface area (Å²) in [6.45, 7) is 3.26. The molecule has 1 aromatic carbocycles. The van der Waals surface area contributed by atoms with E-state index < -0.39 is 4.92 Å². The van der Waals surface area contributed by atoms with Gasteiger partial charge in [-0.05, 0) is 32.7 Å². The predicted octanol–water partition coefficient (Wildman–Crippen LogP) is 2.38. The fourth-order valence-electron chi connectivity index (χ4n) is 3.13. The predicted molar refractivity (Wildman–Crippen MR) is 86.1 cm³/mol. The molecule has 1 saturated heterocycles. The van der Waals surface area contributed by atoms with Gasteiger partial charge in [-0.15, -0.1) is 0 Å². The third kappa shape index (κ3) is 3.77. The van der Waals surface area contributed by atoms with Gasteiger partial charge in [-0.3, -0.25) is 15.0 Å². The first kappa shape index (κ1) is 16.5. The average Bonchev–Trinajstić information content (AvgIpc) is 3.17. The first-order valence-electron chi connectivity index (χ1n) is 8.02. The number of nitrogens with zero attached hydrogens (tertiary/aromatic N) is 4. The van der Waals surface area contributed by atoms with Crippen LogP contribution in [0.2, 0.25) is 0 Å². The van der Waals surface area contributed by atoms with E-state index in [0.717, 1.165) is 25.8 Å². The van der Waals surface area contributed by atoms with Crippen LogP contribution in [0.3, 0.4) is 0 Å². The van der Waals surface area contributed by atoms with E-state index in [2.05, 4.69) is 15.0 Å². The van der Waals surface area contributed by atoms with Crippen molar-refractivity contribution in [3.63, 3.8) is 0 Å². The van der Waals surface area contributed by atoms with Crippen LogP contribution in [0.1, 0.15) is 32.1 Å². The Labute approximate surface area is 139 Å².